The quantitative estimate of drug-likeness (QED) is 0.593. The summed E-state index contributed by atoms with van der Waals surface area (Å²) in [6, 6.07) is 0.433. The molecule has 2 saturated heterocycles. The van der Waals surface area contributed by atoms with Gasteiger partial charge in [-0.05, 0) is 20.3 Å². The van der Waals surface area contributed by atoms with Crippen LogP contribution in [-0.4, -0.2) is 75.0 Å². The van der Waals surface area contributed by atoms with Gasteiger partial charge in [0.1, 0.15) is 0 Å². The van der Waals surface area contributed by atoms with Crippen molar-refractivity contribution in [2.45, 2.75) is 51.8 Å². The Kier molecular flexibility index (Phi) is 5.09. The highest BCUT2D eigenvalue weighted by Gasteiger charge is 2.59. The van der Waals surface area contributed by atoms with Crippen LogP contribution in [0.15, 0.2) is 4.99 Å². The molecule has 2 N–H and O–H groups in total. The molecule has 3 unspecified atom stereocenters. The average Bonchev–Trinajstić information content (AvgIpc) is 3.03. The minimum absolute atomic E-state index is 0.0789. The van der Waals surface area contributed by atoms with Gasteiger partial charge in [0.2, 0.25) is 0 Å². The lowest BCUT2D eigenvalue weighted by Crippen LogP contribution is -2.68. The van der Waals surface area contributed by atoms with Gasteiger partial charge in [-0.25, -0.2) is 0 Å². The molecule has 0 spiro atoms. The fraction of sp³-hybridized carbons (Fsp3) is 0.944. The normalized spacial score (nSPS) is 33.7. The second kappa shape index (κ2) is 6.81. The molecule has 0 bridgehead atoms. The van der Waals surface area contributed by atoms with E-state index in [2.05, 4.69) is 48.2 Å². The first-order valence-electron chi connectivity index (χ1n) is 9.28. The molecule has 0 radical (unpaired) electrons. The summed E-state index contributed by atoms with van der Waals surface area (Å²) in [7, 11) is 1.85. The zero-order valence-corrected chi connectivity index (χ0v) is 15.9. The second-order valence-electron chi connectivity index (χ2n) is 8.52. The minimum atomic E-state index is 0.0789. The van der Waals surface area contributed by atoms with Gasteiger partial charge >= 0.3 is 0 Å². The van der Waals surface area contributed by atoms with Gasteiger partial charge in [0, 0.05) is 56.2 Å². The van der Waals surface area contributed by atoms with E-state index in [1.165, 1.54) is 0 Å². The number of guanidine groups is 1. The number of morpholine rings is 1. The van der Waals surface area contributed by atoms with Crippen molar-refractivity contribution in [2.24, 2.45) is 16.3 Å². The molecule has 3 aliphatic rings. The Balaban J connectivity index is 1.54. The predicted molar refractivity (Wildman–Crippen MR) is 96.4 cm³/mol. The molecule has 6 heteroatoms. The summed E-state index contributed by atoms with van der Waals surface area (Å²) in [5.41, 5.74) is 0.244. The van der Waals surface area contributed by atoms with Crippen molar-refractivity contribution in [3.05, 3.63) is 0 Å². The number of nitrogens with one attached hydrogen (secondary N) is 2. The topological polar surface area (TPSA) is 58.1 Å². The highest BCUT2D eigenvalue weighted by Crippen LogP contribution is 2.52. The van der Waals surface area contributed by atoms with Crippen LogP contribution in [0.1, 0.15) is 34.1 Å². The summed E-state index contributed by atoms with van der Waals surface area (Å²) in [4.78, 5) is 6.94. The van der Waals surface area contributed by atoms with Crippen molar-refractivity contribution in [1.29, 1.82) is 0 Å². The van der Waals surface area contributed by atoms with Crippen molar-refractivity contribution in [3.8, 4) is 0 Å². The van der Waals surface area contributed by atoms with Crippen LogP contribution in [0.2, 0.25) is 0 Å². The third-order valence-electron chi connectivity index (χ3n) is 6.17. The van der Waals surface area contributed by atoms with Gasteiger partial charge < -0.3 is 20.1 Å². The highest BCUT2D eigenvalue weighted by atomic mass is 16.5. The molecule has 1 aliphatic carbocycles. The Labute approximate surface area is 146 Å². The van der Waals surface area contributed by atoms with E-state index >= 15 is 0 Å². The van der Waals surface area contributed by atoms with E-state index < -0.39 is 0 Å². The van der Waals surface area contributed by atoms with Crippen LogP contribution in [0.25, 0.3) is 0 Å². The number of aliphatic imine (C=N–C) groups is 1. The van der Waals surface area contributed by atoms with E-state index in [0.29, 0.717) is 18.1 Å². The van der Waals surface area contributed by atoms with Gasteiger partial charge in [0.15, 0.2) is 5.96 Å². The highest BCUT2D eigenvalue weighted by molar-refractivity contribution is 5.80. The van der Waals surface area contributed by atoms with Crippen LogP contribution in [-0.2, 0) is 9.47 Å². The Hall–Kier alpha value is -0.850. The summed E-state index contributed by atoms with van der Waals surface area (Å²) in [5, 5.41) is 7.20. The lowest BCUT2D eigenvalue weighted by Gasteiger charge is -2.55. The first-order valence-corrected chi connectivity index (χ1v) is 9.28. The van der Waals surface area contributed by atoms with Crippen LogP contribution in [0.3, 0.4) is 0 Å². The van der Waals surface area contributed by atoms with Gasteiger partial charge in [0.25, 0.3) is 0 Å². The molecule has 3 rings (SSSR count). The number of hydrogen-bond acceptors (Lipinski definition) is 4. The number of fused-ring (bicyclic) bond motifs is 1. The third kappa shape index (κ3) is 3.28. The third-order valence-corrected chi connectivity index (χ3v) is 6.17. The lowest BCUT2D eigenvalue weighted by molar-refractivity contribution is -0.106. The zero-order chi connectivity index (χ0) is 17.4. The van der Waals surface area contributed by atoms with Crippen LogP contribution in [0, 0.1) is 11.3 Å². The number of hydrogen-bond donors (Lipinski definition) is 2. The molecule has 3 atom stereocenters. The lowest BCUT2D eigenvalue weighted by atomic mass is 9.57. The van der Waals surface area contributed by atoms with Gasteiger partial charge in [0.05, 0.1) is 19.3 Å². The van der Waals surface area contributed by atoms with Crippen molar-refractivity contribution < 1.29 is 9.47 Å². The van der Waals surface area contributed by atoms with Crippen LogP contribution in [0.4, 0.5) is 0 Å². The summed E-state index contributed by atoms with van der Waals surface area (Å²) in [6.45, 7) is 14.6. The van der Waals surface area contributed by atoms with Gasteiger partial charge in [-0.3, -0.25) is 9.89 Å². The number of rotatable bonds is 4. The van der Waals surface area contributed by atoms with Crippen molar-refractivity contribution in [3.63, 3.8) is 0 Å². The average molecular weight is 338 g/mol. The number of ether oxygens (including phenoxy) is 2. The van der Waals surface area contributed by atoms with E-state index in [9.17, 15) is 0 Å². The first-order chi connectivity index (χ1) is 11.4. The van der Waals surface area contributed by atoms with Crippen molar-refractivity contribution in [2.75, 3.05) is 46.5 Å². The smallest absolute Gasteiger partial charge is 0.191 e. The van der Waals surface area contributed by atoms with E-state index in [1.54, 1.807) is 0 Å². The molecule has 24 heavy (non-hydrogen) atoms. The van der Waals surface area contributed by atoms with Crippen molar-refractivity contribution >= 4 is 5.96 Å². The number of nitrogens with zero attached hydrogens (tertiary/aromatic N) is 2. The molecule has 3 fully saturated rings. The maximum atomic E-state index is 5.89. The molecule has 0 aromatic carbocycles. The fourth-order valence-electron chi connectivity index (χ4n) is 4.54. The fourth-order valence-corrected chi connectivity index (χ4v) is 4.54. The molecule has 0 amide bonds. The molecule has 138 valence electrons. The largest absolute Gasteiger partial charge is 0.379 e. The molecule has 0 aromatic heterocycles. The standard InChI is InChI=1S/C18H34N4O2/c1-17(2,22-7-10-23-11-8-22)12-20-16(19-5)21-14-13-6-9-24-15(13)18(14,3)4/h13-15H,6-12H2,1-5H3,(H2,19,20,21). The van der Waals surface area contributed by atoms with Gasteiger partial charge in [-0.2, -0.15) is 0 Å². The SMILES string of the molecule is CN=C(NCC(C)(C)N1CCOCC1)NC1C2CCOC2C1(C)C. The Morgan fingerprint density at radius 3 is 2.62 bits per heavy atom. The second-order valence-corrected chi connectivity index (χ2v) is 8.52. The first kappa shape index (κ1) is 18.0. The maximum Gasteiger partial charge on any atom is 0.191 e. The summed E-state index contributed by atoms with van der Waals surface area (Å²) in [6.07, 6.45) is 1.56. The summed E-state index contributed by atoms with van der Waals surface area (Å²) >= 11 is 0. The van der Waals surface area contributed by atoms with Gasteiger partial charge in [-0.1, -0.05) is 13.8 Å². The molecular formula is C18H34N4O2. The van der Waals surface area contributed by atoms with Crippen LogP contribution >= 0.6 is 0 Å². The van der Waals surface area contributed by atoms with E-state index in [0.717, 1.165) is 51.8 Å². The zero-order valence-electron chi connectivity index (χ0n) is 15.9. The minimum Gasteiger partial charge on any atom is -0.379 e. The van der Waals surface area contributed by atoms with Crippen molar-refractivity contribution in [1.82, 2.24) is 15.5 Å². The molecule has 6 nitrogen and oxygen atoms in total. The Bertz CT molecular complexity index is 472. The summed E-state index contributed by atoms with van der Waals surface area (Å²) in [5.74, 6) is 1.52. The molecule has 0 aromatic rings. The van der Waals surface area contributed by atoms with E-state index in [1.807, 2.05) is 7.05 Å². The monoisotopic (exact) mass is 338 g/mol. The Morgan fingerprint density at radius 1 is 1.25 bits per heavy atom. The van der Waals surface area contributed by atoms with Crippen LogP contribution < -0.4 is 10.6 Å². The Morgan fingerprint density at radius 2 is 1.96 bits per heavy atom. The maximum absolute atomic E-state index is 5.89. The van der Waals surface area contributed by atoms with Gasteiger partial charge in [-0.15, -0.1) is 0 Å². The predicted octanol–water partition coefficient (Wildman–Crippen LogP) is 1.08. The molecule has 2 aliphatic heterocycles. The van der Waals surface area contributed by atoms with Crippen LogP contribution in [0.5, 0.6) is 0 Å². The molecular weight excluding hydrogens is 304 g/mol. The van der Waals surface area contributed by atoms with E-state index in [4.69, 9.17) is 9.47 Å². The summed E-state index contributed by atoms with van der Waals surface area (Å²) < 4.78 is 11.4. The molecule has 2 heterocycles. The van der Waals surface area contributed by atoms with E-state index in [-0.39, 0.29) is 11.0 Å². The molecule has 1 saturated carbocycles.